The number of carbonyl (C=O) groups excluding carboxylic acids is 2. The summed E-state index contributed by atoms with van der Waals surface area (Å²) in [4.78, 5) is 30.2. The number of aromatic nitrogens is 3. The number of rotatable bonds is 6. The van der Waals surface area contributed by atoms with Gasteiger partial charge in [0.05, 0.1) is 30.7 Å². The minimum Gasteiger partial charge on any atom is -0.442 e. The first-order valence-corrected chi connectivity index (χ1v) is 10.0. The lowest BCUT2D eigenvalue weighted by molar-refractivity contribution is 0.0995. The molecule has 2 amide bonds. The summed E-state index contributed by atoms with van der Waals surface area (Å²) in [5.74, 6) is -0.723. The molecule has 0 spiro atoms. The summed E-state index contributed by atoms with van der Waals surface area (Å²) in [7, 11) is 0. The molecule has 2 aliphatic heterocycles. The first kappa shape index (κ1) is 20.6. The van der Waals surface area contributed by atoms with Crippen LogP contribution in [0.4, 0.5) is 20.6 Å². The highest BCUT2D eigenvalue weighted by molar-refractivity contribution is 5.90. The standard InChI is InChI=1S/C20H22FN7O3/c1-23-9-13-4-6-26(7-5-13)18-3-2-14(8-16(18)21)28-11-15(31-20(28)30)10-27-12-17(19(22)29)24-25-27/h2-3,8,12-13,15H,4-7,9-11H2,(H2,22,29)/t15-/m0/s1. The second kappa shape index (κ2) is 8.59. The Labute approximate surface area is 178 Å². The molecule has 0 radical (unpaired) electrons. The fraction of sp³-hybridized carbons (Fsp3) is 0.450. The Morgan fingerprint density at radius 1 is 1.35 bits per heavy atom. The first-order valence-electron chi connectivity index (χ1n) is 10.0. The number of amides is 2. The summed E-state index contributed by atoms with van der Waals surface area (Å²) < 4.78 is 21.6. The highest BCUT2D eigenvalue weighted by Gasteiger charge is 2.33. The molecular weight excluding hydrogens is 405 g/mol. The van der Waals surface area contributed by atoms with Gasteiger partial charge >= 0.3 is 6.09 Å². The Hall–Kier alpha value is -3.68. The maximum absolute atomic E-state index is 14.8. The number of carbonyl (C=O) groups is 2. The van der Waals surface area contributed by atoms with Crippen molar-refractivity contribution in [3.8, 4) is 0 Å². The fourth-order valence-corrected chi connectivity index (χ4v) is 3.94. The average Bonchev–Trinajstić information content (AvgIpc) is 3.36. The van der Waals surface area contributed by atoms with E-state index in [1.807, 2.05) is 4.90 Å². The van der Waals surface area contributed by atoms with Crippen molar-refractivity contribution in [1.82, 2.24) is 15.0 Å². The molecule has 2 aliphatic rings. The third kappa shape index (κ3) is 4.42. The van der Waals surface area contributed by atoms with Crippen molar-refractivity contribution in [2.24, 2.45) is 11.7 Å². The number of hydrogen-bond acceptors (Lipinski definition) is 6. The largest absolute Gasteiger partial charge is 0.442 e. The van der Waals surface area contributed by atoms with Gasteiger partial charge in [0.1, 0.15) is 11.9 Å². The lowest BCUT2D eigenvalue weighted by Crippen LogP contribution is -2.35. The molecule has 1 atom stereocenters. The number of cyclic esters (lactones) is 1. The molecule has 1 aromatic carbocycles. The molecular formula is C20H22FN7O3. The molecule has 0 unspecified atom stereocenters. The summed E-state index contributed by atoms with van der Waals surface area (Å²) in [5.41, 5.74) is 6.09. The highest BCUT2D eigenvalue weighted by Crippen LogP contribution is 2.30. The van der Waals surface area contributed by atoms with Crippen LogP contribution in [-0.2, 0) is 11.3 Å². The van der Waals surface area contributed by atoms with E-state index in [1.165, 1.54) is 21.8 Å². The summed E-state index contributed by atoms with van der Waals surface area (Å²) in [6.45, 7) is 9.32. The van der Waals surface area contributed by atoms with Crippen LogP contribution in [0.5, 0.6) is 0 Å². The van der Waals surface area contributed by atoms with Crippen molar-refractivity contribution in [3.63, 3.8) is 0 Å². The summed E-state index contributed by atoms with van der Waals surface area (Å²) in [6.07, 6.45) is 2.01. The van der Waals surface area contributed by atoms with E-state index in [-0.39, 0.29) is 18.8 Å². The number of piperidine rings is 1. The predicted molar refractivity (Wildman–Crippen MR) is 109 cm³/mol. The summed E-state index contributed by atoms with van der Waals surface area (Å²) in [6, 6.07) is 4.72. The van der Waals surface area contributed by atoms with E-state index in [9.17, 15) is 14.0 Å². The fourth-order valence-electron chi connectivity index (χ4n) is 3.94. The molecule has 10 nitrogen and oxygen atoms in total. The van der Waals surface area contributed by atoms with Crippen LogP contribution >= 0.6 is 0 Å². The van der Waals surface area contributed by atoms with Crippen molar-refractivity contribution in [1.29, 1.82) is 0 Å². The number of benzene rings is 1. The molecule has 1 aromatic heterocycles. The maximum atomic E-state index is 14.8. The van der Waals surface area contributed by atoms with Crippen LogP contribution in [0.15, 0.2) is 24.4 Å². The van der Waals surface area contributed by atoms with Crippen molar-refractivity contribution in [2.75, 3.05) is 36.0 Å². The first-order chi connectivity index (χ1) is 14.9. The van der Waals surface area contributed by atoms with Crippen molar-refractivity contribution >= 4 is 23.4 Å². The SMILES string of the molecule is [C-]#[N+]CC1CCN(c2ccc(N3C[C@H](Cn4cc(C(N)=O)nn4)OC3=O)cc2F)CC1. The molecule has 2 fully saturated rings. The summed E-state index contributed by atoms with van der Waals surface area (Å²) >= 11 is 0. The minimum absolute atomic E-state index is 0.0250. The third-order valence-electron chi connectivity index (χ3n) is 5.60. The smallest absolute Gasteiger partial charge is 0.414 e. The minimum atomic E-state index is -0.692. The van der Waals surface area contributed by atoms with E-state index < -0.39 is 23.9 Å². The predicted octanol–water partition coefficient (Wildman–Crippen LogP) is 1.68. The quantitative estimate of drug-likeness (QED) is 0.702. The Morgan fingerprint density at radius 2 is 2.13 bits per heavy atom. The van der Waals surface area contributed by atoms with E-state index in [0.29, 0.717) is 36.9 Å². The van der Waals surface area contributed by atoms with Crippen LogP contribution in [0.2, 0.25) is 0 Å². The molecule has 11 heteroatoms. The number of hydrogen-bond donors (Lipinski definition) is 1. The molecule has 162 valence electrons. The van der Waals surface area contributed by atoms with Gasteiger partial charge in [-0.05, 0) is 31.0 Å². The molecule has 0 bridgehead atoms. The molecule has 2 aromatic rings. The van der Waals surface area contributed by atoms with Crippen molar-refractivity contribution in [2.45, 2.75) is 25.5 Å². The summed E-state index contributed by atoms with van der Waals surface area (Å²) in [5, 5.41) is 7.44. The van der Waals surface area contributed by atoms with Crippen LogP contribution in [0.25, 0.3) is 4.85 Å². The van der Waals surface area contributed by atoms with Gasteiger partial charge in [0.2, 0.25) is 6.54 Å². The van der Waals surface area contributed by atoms with Gasteiger partial charge in [-0.25, -0.2) is 20.4 Å². The molecule has 4 rings (SSSR count). The monoisotopic (exact) mass is 427 g/mol. The lowest BCUT2D eigenvalue weighted by atomic mass is 9.96. The zero-order chi connectivity index (χ0) is 22.0. The molecule has 2 N–H and O–H groups in total. The lowest BCUT2D eigenvalue weighted by Gasteiger charge is -2.32. The topological polar surface area (TPSA) is 111 Å². The Balaban J connectivity index is 1.40. The van der Waals surface area contributed by atoms with Gasteiger partial charge in [-0.3, -0.25) is 9.69 Å². The van der Waals surface area contributed by atoms with E-state index in [0.717, 1.165) is 12.8 Å². The van der Waals surface area contributed by atoms with E-state index >= 15 is 0 Å². The van der Waals surface area contributed by atoms with Crippen LogP contribution in [0.1, 0.15) is 23.3 Å². The molecule has 3 heterocycles. The van der Waals surface area contributed by atoms with Crippen LogP contribution in [0, 0.1) is 18.3 Å². The zero-order valence-corrected chi connectivity index (χ0v) is 16.8. The second-order valence-corrected chi connectivity index (χ2v) is 7.71. The van der Waals surface area contributed by atoms with E-state index in [2.05, 4.69) is 15.2 Å². The zero-order valence-electron chi connectivity index (χ0n) is 16.8. The van der Waals surface area contributed by atoms with Crippen LogP contribution in [0.3, 0.4) is 0 Å². The van der Waals surface area contributed by atoms with Gasteiger partial charge in [0.15, 0.2) is 5.69 Å². The molecule has 0 saturated carbocycles. The number of nitrogens with zero attached hydrogens (tertiary/aromatic N) is 6. The van der Waals surface area contributed by atoms with Gasteiger partial charge in [0.25, 0.3) is 5.91 Å². The van der Waals surface area contributed by atoms with Gasteiger partial charge in [-0.15, -0.1) is 5.10 Å². The molecule has 31 heavy (non-hydrogen) atoms. The number of nitrogens with two attached hydrogens (primary N) is 1. The van der Waals surface area contributed by atoms with Gasteiger partial charge in [-0.2, -0.15) is 0 Å². The molecule has 2 saturated heterocycles. The number of ether oxygens (including phenoxy) is 1. The van der Waals surface area contributed by atoms with Gasteiger partial charge in [0, 0.05) is 19.0 Å². The number of primary amides is 1. The van der Waals surface area contributed by atoms with Gasteiger partial charge < -0.3 is 20.2 Å². The number of halogens is 1. The average molecular weight is 427 g/mol. The van der Waals surface area contributed by atoms with E-state index in [4.69, 9.17) is 17.0 Å². The van der Waals surface area contributed by atoms with Crippen LogP contribution < -0.4 is 15.5 Å². The normalized spacial score (nSPS) is 19.4. The van der Waals surface area contributed by atoms with Crippen molar-refractivity contribution in [3.05, 3.63) is 47.3 Å². The van der Waals surface area contributed by atoms with Crippen molar-refractivity contribution < 1.29 is 18.7 Å². The Morgan fingerprint density at radius 3 is 2.77 bits per heavy atom. The number of anilines is 2. The van der Waals surface area contributed by atoms with E-state index in [1.54, 1.807) is 12.1 Å². The van der Waals surface area contributed by atoms with Crippen LogP contribution in [-0.4, -0.2) is 59.3 Å². The highest BCUT2D eigenvalue weighted by atomic mass is 19.1. The second-order valence-electron chi connectivity index (χ2n) is 7.71. The third-order valence-corrected chi connectivity index (χ3v) is 5.60. The molecule has 0 aliphatic carbocycles. The maximum Gasteiger partial charge on any atom is 0.414 e. The van der Waals surface area contributed by atoms with Gasteiger partial charge in [-0.1, -0.05) is 5.21 Å². The Bertz CT molecular complexity index is 1030. The Kier molecular flexibility index (Phi) is 5.70.